The van der Waals surface area contributed by atoms with E-state index in [1.807, 2.05) is 25.1 Å². The molecule has 0 spiro atoms. The molecule has 6 heteroatoms. The molecule has 2 rings (SSSR count). The van der Waals surface area contributed by atoms with Gasteiger partial charge in [-0.3, -0.25) is 4.79 Å². The maximum absolute atomic E-state index is 11.8. The van der Waals surface area contributed by atoms with Gasteiger partial charge >= 0.3 is 0 Å². The Morgan fingerprint density at radius 3 is 2.88 bits per heavy atom. The van der Waals surface area contributed by atoms with Crippen LogP contribution in [-0.2, 0) is 0 Å². The summed E-state index contributed by atoms with van der Waals surface area (Å²) in [5.74, 6) is -0.247. The van der Waals surface area contributed by atoms with Crippen LogP contribution in [0, 0.1) is 6.92 Å². The van der Waals surface area contributed by atoms with Crippen molar-refractivity contribution < 1.29 is 4.79 Å². The molecule has 1 heterocycles. The van der Waals surface area contributed by atoms with E-state index in [4.69, 9.17) is 5.73 Å². The molecule has 0 bridgehead atoms. The van der Waals surface area contributed by atoms with Gasteiger partial charge in [-0.15, -0.1) is 11.3 Å². The second-order valence-corrected chi connectivity index (χ2v) is 5.29. The lowest BCUT2D eigenvalue weighted by molar-refractivity contribution is 0.102. The van der Waals surface area contributed by atoms with Gasteiger partial charge in [0, 0.05) is 15.5 Å². The molecule has 0 atom stereocenters. The number of halogens is 1. The molecule has 17 heavy (non-hydrogen) atoms. The number of aryl methyl sites for hydroxylation is 1. The molecule has 1 aromatic carbocycles. The number of anilines is 2. The molecule has 0 fully saturated rings. The smallest absolute Gasteiger partial charge is 0.275 e. The number of thiazole rings is 1. The lowest BCUT2D eigenvalue weighted by Crippen LogP contribution is -2.13. The van der Waals surface area contributed by atoms with Gasteiger partial charge in [-0.05, 0) is 30.7 Å². The van der Waals surface area contributed by atoms with Crippen LogP contribution in [0.2, 0.25) is 0 Å². The summed E-state index contributed by atoms with van der Waals surface area (Å²) in [6.45, 7) is 1.93. The number of amides is 1. The maximum atomic E-state index is 11.8. The molecule has 1 amide bonds. The Morgan fingerprint density at radius 2 is 2.29 bits per heavy atom. The molecule has 4 nitrogen and oxygen atoms in total. The number of aromatic nitrogens is 1. The van der Waals surface area contributed by atoms with Crippen LogP contribution in [0.5, 0.6) is 0 Å². The minimum atomic E-state index is -0.247. The third-order valence-electron chi connectivity index (χ3n) is 2.19. The molecule has 0 radical (unpaired) electrons. The highest BCUT2D eigenvalue weighted by Crippen LogP contribution is 2.21. The van der Waals surface area contributed by atoms with Gasteiger partial charge in [0.1, 0.15) is 5.69 Å². The summed E-state index contributed by atoms with van der Waals surface area (Å²) in [6, 6.07) is 5.65. The van der Waals surface area contributed by atoms with Crippen molar-refractivity contribution in [2.24, 2.45) is 0 Å². The van der Waals surface area contributed by atoms with E-state index in [9.17, 15) is 4.79 Å². The average molecular weight is 312 g/mol. The Hall–Kier alpha value is -1.40. The van der Waals surface area contributed by atoms with Crippen molar-refractivity contribution in [3.05, 3.63) is 39.3 Å². The average Bonchev–Trinajstić information content (AvgIpc) is 2.69. The summed E-state index contributed by atoms with van der Waals surface area (Å²) in [6.07, 6.45) is 0. The van der Waals surface area contributed by atoms with Crippen molar-refractivity contribution in [1.29, 1.82) is 0 Å². The topological polar surface area (TPSA) is 68.0 Å². The Morgan fingerprint density at radius 1 is 1.53 bits per heavy atom. The first-order valence-corrected chi connectivity index (χ1v) is 6.52. The molecule has 3 N–H and O–H groups in total. The fourth-order valence-electron chi connectivity index (χ4n) is 1.35. The Bertz CT molecular complexity index is 568. The van der Waals surface area contributed by atoms with Crippen molar-refractivity contribution in [3.8, 4) is 0 Å². The van der Waals surface area contributed by atoms with Gasteiger partial charge in [0.2, 0.25) is 0 Å². The van der Waals surface area contributed by atoms with Gasteiger partial charge in [0.25, 0.3) is 5.91 Å². The fourth-order valence-corrected chi connectivity index (χ4v) is 2.36. The van der Waals surface area contributed by atoms with Gasteiger partial charge in [-0.1, -0.05) is 15.9 Å². The molecule has 0 unspecified atom stereocenters. The summed E-state index contributed by atoms with van der Waals surface area (Å²) < 4.78 is 0.978. The summed E-state index contributed by atoms with van der Waals surface area (Å²) in [7, 11) is 0. The number of rotatable bonds is 2. The minimum Gasteiger partial charge on any atom is -0.375 e. The third kappa shape index (κ3) is 2.83. The second-order valence-electron chi connectivity index (χ2n) is 3.48. The predicted molar refractivity (Wildman–Crippen MR) is 73.4 cm³/mol. The molecule has 0 saturated heterocycles. The highest BCUT2D eigenvalue weighted by Gasteiger charge is 2.10. The van der Waals surface area contributed by atoms with Crippen LogP contribution in [0.15, 0.2) is 28.1 Å². The number of nitrogens with two attached hydrogens (primary N) is 1. The Labute approximate surface area is 111 Å². The minimum absolute atomic E-state index is 0.247. The third-order valence-corrected chi connectivity index (χ3v) is 3.36. The molecule has 1 aromatic heterocycles. The summed E-state index contributed by atoms with van der Waals surface area (Å²) in [5, 5.41) is 4.83. The number of carbonyl (C=O) groups is 1. The molecule has 0 saturated carbocycles. The van der Waals surface area contributed by atoms with E-state index >= 15 is 0 Å². The summed E-state index contributed by atoms with van der Waals surface area (Å²) in [4.78, 5) is 15.8. The van der Waals surface area contributed by atoms with Gasteiger partial charge in [0.05, 0.1) is 0 Å². The zero-order chi connectivity index (χ0) is 12.4. The van der Waals surface area contributed by atoms with E-state index in [1.54, 1.807) is 5.38 Å². The lowest BCUT2D eigenvalue weighted by atomic mass is 10.2. The first-order chi connectivity index (χ1) is 8.06. The number of nitrogen functional groups attached to an aromatic ring is 1. The van der Waals surface area contributed by atoms with Gasteiger partial charge < -0.3 is 11.1 Å². The van der Waals surface area contributed by atoms with Crippen LogP contribution in [0.4, 0.5) is 10.8 Å². The van der Waals surface area contributed by atoms with Crippen molar-refractivity contribution in [2.45, 2.75) is 6.92 Å². The lowest BCUT2D eigenvalue weighted by Gasteiger charge is -2.07. The maximum Gasteiger partial charge on any atom is 0.275 e. The zero-order valence-corrected chi connectivity index (χ0v) is 11.4. The number of nitrogens with zero attached hydrogens (tertiary/aromatic N) is 1. The van der Waals surface area contributed by atoms with Crippen LogP contribution in [0.1, 0.15) is 16.1 Å². The number of hydrogen-bond acceptors (Lipinski definition) is 4. The van der Waals surface area contributed by atoms with Crippen LogP contribution in [-0.4, -0.2) is 10.9 Å². The summed E-state index contributed by atoms with van der Waals surface area (Å²) in [5.41, 5.74) is 7.57. The van der Waals surface area contributed by atoms with Crippen molar-refractivity contribution in [2.75, 3.05) is 11.1 Å². The number of carbonyl (C=O) groups excluding carboxylic acids is 1. The first kappa shape index (κ1) is 12.1. The van der Waals surface area contributed by atoms with Gasteiger partial charge in [-0.25, -0.2) is 4.98 Å². The molecular formula is C11H10BrN3OS. The first-order valence-electron chi connectivity index (χ1n) is 4.85. The monoisotopic (exact) mass is 311 g/mol. The number of benzene rings is 1. The fraction of sp³-hybridized carbons (Fsp3) is 0.0909. The van der Waals surface area contributed by atoms with Gasteiger partial charge in [0.15, 0.2) is 5.13 Å². The molecule has 88 valence electrons. The van der Waals surface area contributed by atoms with Gasteiger partial charge in [-0.2, -0.15) is 0 Å². The highest BCUT2D eigenvalue weighted by atomic mass is 79.9. The van der Waals surface area contributed by atoms with E-state index in [0.717, 1.165) is 15.7 Å². The van der Waals surface area contributed by atoms with E-state index in [1.165, 1.54) is 11.3 Å². The van der Waals surface area contributed by atoms with Crippen LogP contribution in [0.3, 0.4) is 0 Å². The van der Waals surface area contributed by atoms with E-state index in [0.29, 0.717) is 10.8 Å². The second kappa shape index (κ2) is 4.85. The Balaban J connectivity index is 2.18. The van der Waals surface area contributed by atoms with E-state index < -0.39 is 0 Å². The van der Waals surface area contributed by atoms with Crippen molar-refractivity contribution >= 4 is 44.0 Å². The SMILES string of the molecule is Cc1cc(Br)ccc1NC(=O)c1csc(N)n1. The molecule has 0 aliphatic rings. The Kier molecular flexibility index (Phi) is 3.44. The summed E-state index contributed by atoms with van der Waals surface area (Å²) >= 11 is 4.62. The quantitative estimate of drug-likeness (QED) is 0.895. The van der Waals surface area contributed by atoms with E-state index in [2.05, 4.69) is 26.2 Å². The normalized spacial score (nSPS) is 10.2. The van der Waals surface area contributed by atoms with Crippen LogP contribution in [0.25, 0.3) is 0 Å². The van der Waals surface area contributed by atoms with Crippen LogP contribution < -0.4 is 11.1 Å². The number of hydrogen-bond donors (Lipinski definition) is 2. The molecular weight excluding hydrogens is 302 g/mol. The zero-order valence-electron chi connectivity index (χ0n) is 9.03. The number of nitrogens with one attached hydrogen (secondary N) is 1. The van der Waals surface area contributed by atoms with E-state index in [-0.39, 0.29) is 5.91 Å². The highest BCUT2D eigenvalue weighted by molar-refractivity contribution is 9.10. The van der Waals surface area contributed by atoms with Crippen molar-refractivity contribution in [3.63, 3.8) is 0 Å². The van der Waals surface area contributed by atoms with Crippen molar-refractivity contribution in [1.82, 2.24) is 4.98 Å². The molecule has 0 aliphatic heterocycles. The molecule has 2 aromatic rings. The van der Waals surface area contributed by atoms with Crippen LogP contribution >= 0.6 is 27.3 Å². The molecule has 0 aliphatic carbocycles. The standard InChI is InChI=1S/C11H10BrN3OS/c1-6-4-7(12)2-3-8(6)14-10(16)9-5-17-11(13)15-9/h2-5H,1H3,(H2,13,15)(H,14,16). The predicted octanol–water partition coefficient (Wildman–Crippen LogP) is 3.05. The largest absolute Gasteiger partial charge is 0.375 e.